The highest BCUT2D eigenvalue weighted by Gasteiger charge is 2.11. The van der Waals surface area contributed by atoms with Gasteiger partial charge in [-0.05, 0) is 32.4 Å². The van der Waals surface area contributed by atoms with E-state index in [2.05, 4.69) is 15.3 Å². The van der Waals surface area contributed by atoms with Gasteiger partial charge in [0.15, 0.2) is 0 Å². The van der Waals surface area contributed by atoms with Crippen LogP contribution in [0.2, 0.25) is 0 Å². The quantitative estimate of drug-likeness (QED) is 0.810. The fourth-order valence-corrected chi connectivity index (χ4v) is 1.61. The first-order chi connectivity index (χ1) is 8.05. The van der Waals surface area contributed by atoms with Crippen LogP contribution in [0.5, 0.6) is 0 Å². The molecule has 0 aliphatic carbocycles. The molecule has 1 unspecified atom stereocenters. The number of aromatic nitrogens is 2. The number of amides is 1. The van der Waals surface area contributed by atoms with Crippen LogP contribution in [-0.2, 0) is 4.79 Å². The number of nitrogens with one attached hydrogen (secondary N) is 1. The van der Waals surface area contributed by atoms with E-state index in [4.69, 9.17) is 5.73 Å². The van der Waals surface area contributed by atoms with Crippen LogP contribution in [-0.4, -0.2) is 22.4 Å². The molecule has 0 aliphatic rings. The Labute approximate surface area is 102 Å². The van der Waals surface area contributed by atoms with Crippen molar-refractivity contribution in [2.75, 3.05) is 11.9 Å². The number of aryl methyl sites for hydroxylation is 2. The van der Waals surface area contributed by atoms with E-state index in [9.17, 15) is 4.79 Å². The van der Waals surface area contributed by atoms with Crippen LogP contribution < -0.4 is 11.1 Å². The number of rotatable bonds is 5. The lowest BCUT2D eigenvalue weighted by Gasteiger charge is -2.11. The minimum atomic E-state index is -0.0766. The van der Waals surface area contributed by atoms with E-state index >= 15 is 0 Å². The molecule has 3 N–H and O–H groups in total. The van der Waals surface area contributed by atoms with Crippen molar-refractivity contribution in [3.8, 4) is 0 Å². The Morgan fingerprint density at radius 2 is 2.00 bits per heavy atom. The third-order valence-electron chi connectivity index (χ3n) is 2.62. The maximum absolute atomic E-state index is 11.7. The SMILES string of the molecule is CCC(CN)CC(=O)Nc1nc(C)cc(C)n1. The van der Waals surface area contributed by atoms with Crippen molar-refractivity contribution in [2.45, 2.75) is 33.6 Å². The molecule has 1 heterocycles. The Kier molecular flexibility index (Phi) is 5.03. The summed E-state index contributed by atoms with van der Waals surface area (Å²) in [7, 11) is 0. The highest BCUT2D eigenvalue weighted by molar-refractivity contribution is 5.89. The van der Waals surface area contributed by atoms with E-state index in [1.54, 1.807) is 0 Å². The van der Waals surface area contributed by atoms with Crippen molar-refractivity contribution in [1.29, 1.82) is 0 Å². The van der Waals surface area contributed by atoms with Gasteiger partial charge in [-0.25, -0.2) is 9.97 Å². The summed E-state index contributed by atoms with van der Waals surface area (Å²) in [5.41, 5.74) is 7.25. The normalized spacial score (nSPS) is 12.2. The van der Waals surface area contributed by atoms with Gasteiger partial charge in [-0.3, -0.25) is 10.1 Å². The molecule has 94 valence electrons. The van der Waals surface area contributed by atoms with Crippen LogP contribution in [0.25, 0.3) is 0 Å². The molecule has 0 aromatic carbocycles. The van der Waals surface area contributed by atoms with Gasteiger partial charge >= 0.3 is 0 Å². The minimum absolute atomic E-state index is 0.0766. The van der Waals surface area contributed by atoms with E-state index in [0.29, 0.717) is 18.9 Å². The monoisotopic (exact) mass is 236 g/mol. The molecule has 0 saturated carbocycles. The van der Waals surface area contributed by atoms with E-state index < -0.39 is 0 Å². The molecule has 1 rings (SSSR count). The molecule has 5 heteroatoms. The van der Waals surface area contributed by atoms with Crippen molar-refractivity contribution in [3.63, 3.8) is 0 Å². The summed E-state index contributed by atoms with van der Waals surface area (Å²) < 4.78 is 0. The lowest BCUT2D eigenvalue weighted by molar-refractivity contribution is -0.117. The zero-order valence-corrected chi connectivity index (χ0v) is 10.7. The summed E-state index contributed by atoms with van der Waals surface area (Å²) in [6, 6.07) is 1.87. The second kappa shape index (κ2) is 6.30. The van der Waals surface area contributed by atoms with Gasteiger partial charge in [-0.15, -0.1) is 0 Å². The summed E-state index contributed by atoms with van der Waals surface area (Å²) in [5.74, 6) is 0.521. The molecule has 1 aromatic heterocycles. The molecule has 1 amide bonds. The number of hydrogen-bond acceptors (Lipinski definition) is 4. The first-order valence-electron chi connectivity index (χ1n) is 5.87. The molecule has 0 bridgehead atoms. The van der Waals surface area contributed by atoms with Gasteiger partial charge in [-0.1, -0.05) is 13.3 Å². The zero-order chi connectivity index (χ0) is 12.8. The number of carbonyl (C=O) groups excluding carboxylic acids is 1. The van der Waals surface area contributed by atoms with Crippen LogP contribution in [0, 0.1) is 19.8 Å². The average Bonchev–Trinajstić information content (AvgIpc) is 2.24. The van der Waals surface area contributed by atoms with Gasteiger partial charge in [0.2, 0.25) is 11.9 Å². The number of nitrogens with zero attached hydrogens (tertiary/aromatic N) is 2. The molecular weight excluding hydrogens is 216 g/mol. The predicted molar refractivity (Wildman–Crippen MR) is 67.6 cm³/mol. The summed E-state index contributed by atoms with van der Waals surface area (Å²) in [6.45, 7) is 6.30. The largest absolute Gasteiger partial charge is 0.330 e. The summed E-state index contributed by atoms with van der Waals surface area (Å²) >= 11 is 0. The van der Waals surface area contributed by atoms with Crippen molar-refractivity contribution < 1.29 is 4.79 Å². The van der Waals surface area contributed by atoms with Crippen molar-refractivity contribution in [1.82, 2.24) is 9.97 Å². The Morgan fingerprint density at radius 3 is 2.47 bits per heavy atom. The minimum Gasteiger partial charge on any atom is -0.330 e. The van der Waals surface area contributed by atoms with Crippen LogP contribution in [0.1, 0.15) is 31.2 Å². The number of carbonyl (C=O) groups is 1. The molecule has 1 aromatic rings. The topological polar surface area (TPSA) is 80.9 Å². The van der Waals surface area contributed by atoms with Gasteiger partial charge in [0.1, 0.15) is 0 Å². The Morgan fingerprint density at radius 1 is 1.41 bits per heavy atom. The maximum atomic E-state index is 11.7. The first kappa shape index (κ1) is 13.6. The average molecular weight is 236 g/mol. The van der Waals surface area contributed by atoms with E-state index in [0.717, 1.165) is 17.8 Å². The van der Waals surface area contributed by atoms with Crippen LogP contribution >= 0.6 is 0 Å². The van der Waals surface area contributed by atoms with Gasteiger partial charge < -0.3 is 5.73 Å². The van der Waals surface area contributed by atoms with Crippen LogP contribution in [0.3, 0.4) is 0 Å². The standard InChI is InChI=1S/C12H20N4O/c1-4-10(7-13)6-11(17)16-12-14-8(2)5-9(3)15-12/h5,10H,4,6-7,13H2,1-3H3,(H,14,15,16,17). The predicted octanol–water partition coefficient (Wildman–Crippen LogP) is 1.41. The summed E-state index contributed by atoms with van der Waals surface area (Å²) in [4.78, 5) is 20.0. The second-order valence-electron chi connectivity index (χ2n) is 4.24. The molecule has 5 nitrogen and oxygen atoms in total. The molecular formula is C12H20N4O. The number of nitrogens with two attached hydrogens (primary N) is 1. The maximum Gasteiger partial charge on any atom is 0.229 e. The summed E-state index contributed by atoms with van der Waals surface area (Å²) in [5, 5.41) is 2.71. The Balaban J connectivity index is 2.61. The molecule has 0 saturated heterocycles. The smallest absolute Gasteiger partial charge is 0.229 e. The van der Waals surface area contributed by atoms with Crippen LogP contribution in [0.4, 0.5) is 5.95 Å². The van der Waals surface area contributed by atoms with E-state index in [1.165, 1.54) is 0 Å². The second-order valence-corrected chi connectivity index (χ2v) is 4.24. The molecule has 1 atom stereocenters. The zero-order valence-electron chi connectivity index (χ0n) is 10.7. The highest BCUT2D eigenvalue weighted by Crippen LogP contribution is 2.09. The first-order valence-corrected chi connectivity index (χ1v) is 5.87. The lowest BCUT2D eigenvalue weighted by Crippen LogP contribution is -2.22. The molecule has 17 heavy (non-hydrogen) atoms. The van der Waals surface area contributed by atoms with Gasteiger partial charge in [0.25, 0.3) is 0 Å². The summed E-state index contributed by atoms with van der Waals surface area (Å²) in [6.07, 6.45) is 1.32. The fourth-order valence-electron chi connectivity index (χ4n) is 1.61. The molecule has 0 fully saturated rings. The van der Waals surface area contributed by atoms with Gasteiger partial charge in [-0.2, -0.15) is 0 Å². The lowest BCUT2D eigenvalue weighted by atomic mass is 10.0. The number of anilines is 1. The van der Waals surface area contributed by atoms with Crippen molar-refractivity contribution >= 4 is 11.9 Å². The third-order valence-corrected chi connectivity index (χ3v) is 2.62. The Bertz CT molecular complexity index is 368. The van der Waals surface area contributed by atoms with Crippen molar-refractivity contribution in [3.05, 3.63) is 17.5 Å². The van der Waals surface area contributed by atoms with Gasteiger partial charge in [0.05, 0.1) is 0 Å². The van der Waals surface area contributed by atoms with E-state index in [1.807, 2.05) is 26.8 Å². The van der Waals surface area contributed by atoms with E-state index in [-0.39, 0.29) is 11.8 Å². The highest BCUT2D eigenvalue weighted by atomic mass is 16.1. The van der Waals surface area contributed by atoms with Crippen LogP contribution in [0.15, 0.2) is 6.07 Å². The molecule has 0 aliphatic heterocycles. The van der Waals surface area contributed by atoms with Crippen molar-refractivity contribution in [2.24, 2.45) is 11.7 Å². The van der Waals surface area contributed by atoms with Gasteiger partial charge in [0, 0.05) is 17.8 Å². The Hall–Kier alpha value is -1.49. The third kappa shape index (κ3) is 4.48. The number of hydrogen-bond donors (Lipinski definition) is 2. The molecule has 0 radical (unpaired) electrons. The molecule has 0 spiro atoms. The fraction of sp³-hybridized carbons (Fsp3) is 0.583.